The first-order valence-electron chi connectivity index (χ1n) is 18.7. The molecule has 0 saturated carbocycles. The van der Waals surface area contributed by atoms with Crippen molar-refractivity contribution in [3.63, 3.8) is 0 Å². The number of carbonyl (C=O) groups excluding carboxylic acids is 6. The standard InChI is InChI=1S/C40H39ClFN9O7/c1-2-33(52)47-30-20-25-29(44-22-45-37(25)46-23-7-8-27(42)26(41)19-23)21-32(30)58-18-4-13-49-14-16-50(17-15-49)35(54)11-12-43-28-6-3-5-24-36(28)40(57)51(39(24)56)31-9-10-34(53)48-38(31)55/h2-3,5-8,19-22,31,43H,1,4,9-18H2,(H,47,52)(H,44,45,46)(H,48,53,55). The topological polar surface area (TPSA) is 195 Å². The number of ether oxygens (including phenoxy) is 1. The smallest absolute Gasteiger partial charge is 0.264 e. The summed E-state index contributed by atoms with van der Waals surface area (Å²) in [5, 5.41) is 11.7. The van der Waals surface area contributed by atoms with Gasteiger partial charge < -0.3 is 25.6 Å². The lowest BCUT2D eigenvalue weighted by Gasteiger charge is -2.34. The van der Waals surface area contributed by atoms with Crippen LogP contribution in [0.15, 0.2) is 67.5 Å². The number of halogens is 2. The van der Waals surface area contributed by atoms with Crippen molar-refractivity contribution in [1.82, 2.24) is 30.0 Å². The molecule has 1 unspecified atom stereocenters. The molecule has 3 aliphatic heterocycles. The van der Waals surface area contributed by atoms with E-state index in [2.05, 4.69) is 42.7 Å². The largest absolute Gasteiger partial charge is 0.491 e. The molecule has 16 nitrogen and oxygen atoms in total. The summed E-state index contributed by atoms with van der Waals surface area (Å²) in [6.07, 6.45) is 3.44. The fraction of sp³-hybridized carbons (Fsp3) is 0.300. The third-order valence-electron chi connectivity index (χ3n) is 10.1. The van der Waals surface area contributed by atoms with Crippen LogP contribution >= 0.6 is 11.6 Å². The molecule has 4 N–H and O–H groups in total. The second kappa shape index (κ2) is 17.4. The van der Waals surface area contributed by atoms with Crippen LogP contribution in [0.1, 0.15) is 46.4 Å². The van der Waals surface area contributed by atoms with Gasteiger partial charge in [-0.1, -0.05) is 24.2 Å². The predicted octanol–water partition coefficient (Wildman–Crippen LogP) is 4.11. The van der Waals surface area contributed by atoms with Gasteiger partial charge in [0.15, 0.2) is 0 Å². The highest BCUT2D eigenvalue weighted by atomic mass is 35.5. The molecule has 0 radical (unpaired) electrons. The zero-order valence-corrected chi connectivity index (χ0v) is 31.9. The molecule has 0 spiro atoms. The summed E-state index contributed by atoms with van der Waals surface area (Å²) in [4.78, 5) is 89.6. The number of piperazine rings is 1. The molecule has 4 heterocycles. The van der Waals surface area contributed by atoms with E-state index in [1.165, 1.54) is 30.6 Å². The maximum Gasteiger partial charge on any atom is 0.264 e. The van der Waals surface area contributed by atoms with Crippen LogP contribution in [0.2, 0.25) is 5.02 Å². The van der Waals surface area contributed by atoms with Gasteiger partial charge in [0, 0.05) is 74.9 Å². The molecule has 6 amide bonds. The van der Waals surface area contributed by atoms with Crippen LogP contribution in [-0.2, 0) is 19.2 Å². The molecule has 0 aliphatic carbocycles. The Morgan fingerprint density at radius 2 is 1.83 bits per heavy atom. The van der Waals surface area contributed by atoms with Crippen LogP contribution in [0.5, 0.6) is 5.75 Å². The number of nitrogens with one attached hydrogen (secondary N) is 4. The lowest BCUT2D eigenvalue weighted by atomic mass is 10.0. The van der Waals surface area contributed by atoms with Crippen molar-refractivity contribution in [3.05, 3.63) is 89.5 Å². The molecule has 4 aromatic rings. The fourth-order valence-electron chi connectivity index (χ4n) is 7.11. The Hall–Kier alpha value is -6.46. The van der Waals surface area contributed by atoms with Gasteiger partial charge in [-0.2, -0.15) is 0 Å². The Morgan fingerprint density at radius 3 is 2.59 bits per heavy atom. The predicted molar refractivity (Wildman–Crippen MR) is 212 cm³/mol. The van der Waals surface area contributed by atoms with Crippen molar-refractivity contribution in [2.24, 2.45) is 0 Å². The van der Waals surface area contributed by atoms with Crippen molar-refractivity contribution in [1.29, 1.82) is 0 Å². The highest BCUT2D eigenvalue weighted by Crippen LogP contribution is 2.35. The molecule has 58 heavy (non-hydrogen) atoms. The molecule has 1 atom stereocenters. The Bertz CT molecular complexity index is 2340. The van der Waals surface area contributed by atoms with E-state index >= 15 is 0 Å². The lowest BCUT2D eigenvalue weighted by Crippen LogP contribution is -2.54. The quantitative estimate of drug-likeness (QED) is 0.0810. The van der Waals surface area contributed by atoms with Gasteiger partial charge in [0.25, 0.3) is 11.8 Å². The number of rotatable bonds is 14. The van der Waals surface area contributed by atoms with Gasteiger partial charge >= 0.3 is 0 Å². The van der Waals surface area contributed by atoms with Crippen molar-refractivity contribution >= 4 is 80.8 Å². The Labute approximate surface area is 336 Å². The van der Waals surface area contributed by atoms with E-state index in [0.717, 1.165) is 11.0 Å². The van der Waals surface area contributed by atoms with Crippen molar-refractivity contribution in [3.8, 4) is 5.75 Å². The maximum absolute atomic E-state index is 13.7. The summed E-state index contributed by atoms with van der Waals surface area (Å²) >= 11 is 5.95. The first-order chi connectivity index (χ1) is 28.0. The van der Waals surface area contributed by atoms with Gasteiger partial charge in [0.2, 0.25) is 23.6 Å². The summed E-state index contributed by atoms with van der Waals surface area (Å²) in [6.45, 7) is 7.22. The number of nitrogens with zero attached hydrogens (tertiary/aromatic N) is 5. The highest BCUT2D eigenvalue weighted by Gasteiger charge is 2.45. The monoisotopic (exact) mass is 811 g/mol. The van der Waals surface area contributed by atoms with E-state index in [4.69, 9.17) is 16.3 Å². The second-order valence-electron chi connectivity index (χ2n) is 13.8. The van der Waals surface area contributed by atoms with Gasteiger partial charge in [0.05, 0.1) is 34.0 Å². The third kappa shape index (κ3) is 8.59. The number of anilines is 4. The minimum atomic E-state index is -1.06. The molecule has 7 rings (SSSR count). The first kappa shape index (κ1) is 39.8. The van der Waals surface area contributed by atoms with E-state index in [-0.39, 0.29) is 47.9 Å². The summed E-state index contributed by atoms with van der Waals surface area (Å²) in [5.74, 6) is -2.55. The van der Waals surface area contributed by atoms with Gasteiger partial charge in [0.1, 0.15) is 29.8 Å². The number of imide groups is 2. The van der Waals surface area contributed by atoms with Crippen LogP contribution in [0, 0.1) is 5.82 Å². The molecule has 2 fully saturated rings. The first-order valence-corrected chi connectivity index (χ1v) is 19.0. The number of hydrogen-bond acceptors (Lipinski definition) is 12. The molecule has 3 aliphatic rings. The molecular formula is C40H39ClFN9O7. The summed E-state index contributed by atoms with van der Waals surface area (Å²) in [5.41, 5.74) is 2.15. The van der Waals surface area contributed by atoms with Crippen LogP contribution in [0.3, 0.4) is 0 Å². The zero-order chi connectivity index (χ0) is 40.9. The molecule has 0 bridgehead atoms. The van der Waals surface area contributed by atoms with Crippen LogP contribution in [0.4, 0.5) is 27.3 Å². The summed E-state index contributed by atoms with van der Waals surface area (Å²) in [7, 11) is 0. The molecule has 2 saturated heterocycles. The minimum absolute atomic E-state index is 0.0293. The number of benzene rings is 3. The van der Waals surface area contributed by atoms with Gasteiger partial charge in [-0.05, 0) is 55.3 Å². The lowest BCUT2D eigenvalue weighted by molar-refractivity contribution is -0.136. The van der Waals surface area contributed by atoms with E-state index in [0.29, 0.717) is 85.3 Å². The van der Waals surface area contributed by atoms with E-state index in [1.54, 1.807) is 29.2 Å². The number of fused-ring (bicyclic) bond motifs is 2. The molecular weight excluding hydrogens is 773 g/mol. The average molecular weight is 812 g/mol. The van der Waals surface area contributed by atoms with Crippen molar-refractivity contribution in [2.75, 3.05) is 61.8 Å². The summed E-state index contributed by atoms with van der Waals surface area (Å²) < 4.78 is 19.8. The number of aromatic nitrogens is 2. The van der Waals surface area contributed by atoms with Crippen LogP contribution in [-0.4, -0.2) is 112 Å². The second-order valence-corrected chi connectivity index (χ2v) is 14.2. The number of carbonyl (C=O) groups is 6. The molecule has 3 aromatic carbocycles. The third-order valence-corrected chi connectivity index (χ3v) is 10.4. The maximum atomic E-state index is 13.7. The zero-order valence-electron chi connectivity index (χ0n) is 31.2. The van der Waals surface area contributed by atoms with E-state index in [1.807, 2.05) is 0 Å². The molecule has 18 heteroatoms. The summed E-state index contributed by atoms with van der Waals surface area (Å²) in [6, 6.07) is 11.3. The molecule has 1 aromatic heterocycles. The van der Waals surface area contributed by atoms with Gasteiger partial charge in [-0.25, -0.2) is 14.4 Å². The van der Waals surface area contributed by atoms with Crippen molar-refractivity contribution in [2.45, 2.75) is 31.7 Å². The van der Waals surface area contributed by atoms with E-state index < -0.39 is 41.4 Å². The van der Waals surface area contributed by atoms with Gasteiger partial charge in [-0.15, -0.1) is 0 Å². The van der Waals surface area contributed by atoms with Crippen molar-refractivity contribution < 1.29 is 37.9 Å². The highest BCUT2D eigenvalue weighted by molar-refractivity contribution is 6.31. The SMILES string of the molecule is C=CC(=O)Nc1cc2c(Nc3ccc(F)c(Cl)c3)ncnc2cc1OCCCN1CCN(C(=O)CCNc2cccc3c2C(=O)N(C2CCC(=O)NC2=O)C3=O)CC1. The number of piperidine rings is 1. The fourth-order valence-corrected chi connectivity index (χ4v) is 7.29. The number of hydrogen-bond donors (Lipinski definition) is 4. The minimum Gasteiger partial charge on any atom is -0.491 e. The van der Waals surface area contributed by atoms with Crippen LogP contribution < -0.4 is 26.0 Å². The molecule has 300 valence electrons. The Morgan fingerprint density at radius 1 is 1.02 bits per heavy atom. The van der Waals surface area contributed by atoms with Crippen LogP contribution in [0.25, 0.3) is 10.9 Å². The van der Waals surface area contributed by atoms with E-state index in [9.17, 15) is 33.2 Å². The number of amides is 6. The Balaban J connectivity index is 0.883. The average Bonchev–Trinajstić information content (AvgIpc) is 3.47. The Kier molecular flexibility index (Phi) is 11.9. The van der Waals surface area contributed by atoms with Gasteiger partial charge in [-0.3, -0.25) is 43.9 Å². The normalized spacial score (nSPS) is 16.9.